The summed E-state index contributed by atoms with van der Waals surface area (Å²) in [6, 6.07) is 6.43. The van der Waals surface area contributed by atoms with Gasteiger partial charge in [0.15, 0.2) is 0 Å². The molecule has 0 aliphatic carbocycles. The minimum atomic E-state index is -0.573. The third kappa shape index (κ3) is 3.03. The Bertz CT molecular complexity index is 639. The van der Waals surface area contributed by atoms with Crippen LogP contribution in [0.4, 0.5) is 11.6 Å². The fourth-order valence-electron chi connectivity index (χ4n) is 1.71. The predicted molar refractivity (Wildman–Crippen MR) is 75.4 cm³/mol. The van der Waals surface area contributed by atoms with Gasteiger partial charge < -0.3 is 14.5 Å². The average Bonchev–Trinajstić information content (AvgIpc) is 2.88. The first-order valence-corrected chi connectivity index (χ1v) is 6.20. The number of aryl methyl sites for hydroxylation is 1. The molecule has 0 amide bonds. The van der Waals surface area contributed by atoms with E-state index in [1.54, 1.807) is 19.2 Å². The molecular weight excluding hydrogens is 284 g/mol. The Hall–Kier alpha value is -2.21. The van der Waals surface area contributed by atoms with Crippen molar-refractivity contribution in [1.82, 2.24) is 0 Å². The van der Waals surface area contributed by atoms with Crippen LogP contribution in [0, 0.1) is 17.0 Å². The third-order valence-corrected chi connectivity index (χ3v) is 3.17. The Labute approximate surface area is 120 Å². The molecule has 0 bridgehead atoms. The summed E-state index contributed by atoms with van der Waals surface area (Å²) in [5.74, 6) is 0.786. The van der Waals surface area contributed by atoms with Gasteiger partial charge >= 0.3 is 5.88 Å². The van der Waals surface area contributed by atoms with Crippen molar-refractivity contribution < 1.29 is 14.1 Å². The number of halogens is 1. The number of hydrogen-bond acceptors (Lipinski definition) is 5. The lowest BCUT2D eigenvalue weighted by Crippen LogP contribution is -2.01. The topological polar surface area (TPSA) is 77.5 Å². The molecule has 0 fully saturated rings. The molecule has 0 atom stereocenters. The number of furan rings is 1. The normalized spacial score (nSPS) is 10.3. The molecule has 0 aliphatic heterocycles. The molecule has 1 N–H and O–H groups in total. The van der Waals surface area contributed by atoms with Gasteiger partial charge in [-0.1, -0.05) is 11.6 Å². The number of nitrogens with one attached hydrogen (secondary N) is 1. The van der Waals surface area contributed by atoms with Crippen molar-refractivity contribution in [3.05, 3.63) is 50.7 Å². The molecule has 1 heterocycles. The highest BCUT2D eigenvalue weighted by atomic mass is 35.5. The molecule has 20 heavy (non-hydrogen) atoms. The summed E-state index contributed by atoms with van der Waals surface area (Å²) in [6.45, 7) is 2.19. The zero-order chi connectivity index (χ0) is 14.7. The smallest absolute Gasteiger partial charge is 0.433 e. The number of methoxy groups -OCH3 is 1. The van der Waals surface area contributed by atoms with Gasteiger partial charge in [0.2, 0.25) is 0 Å². The van der Waals surface area contributed by atoms with Crippen LogP contribution in [0.1, 0.15) is 11.3 Å². The maximum absolute atomic E-state index is 10.5. The van der Waals surface area contributed by atoms with Crippen molar-refractivity contribution in [3.63, 3.8) is 0 Å². The van der Waals surface area contributed by atoms with E-state index in [9.17, 15) is 10.1 Å². The van der Waals surface area contributed by atoms with E-state index in [0.29, 0.717) is 23.1 Å². The molecule has 106 valence electrons. The monoisotopic (exact) mass is 296 g/mol. The SMILES string of the molecule is COc1cc(Cl)c(C)cc1NCc1ccc([N+](=O)[O-])o1. The molecule has 7 heteroatoms. The van der Waals surface area contributed by atoms with Gasteiger partial charge in [0.05, 0.1) is 25.4 Å². The Morgan fingerprint density at radius 3 is 2.80 bits per heavy atom. The first-order chi connectivity index (χ1) is 9.51. The zero-order valence-electron chi connectivity index (χ0n) is 11.0. The van der Waals surface area contributed by atoms with Gasteiger partial charge in [0.1, 0.15) is 16.4 Å². The standard InChI is InChI=1S/C13H13ClN2O4/c1-8-5-11(12(19-2)6-10(8)14)15-7-9-3-4-13(20-9)16(17)18/h3-6,15H,7H2,1-2H3. The maximum atomic E-state index is 10.5. The van der Waals surface area contributed by atoms with Gasteiger partial charge in [-0.15, -0.1) is 0 Å². The molecule has 0 saturated carbocycles. The fourth-order valence-corrected chi connectivity index (χ4v) is 1.87. The Morgan fingerprint density at radius 1 is 1.45 bits per heavy atom. The van der Waals surface area contributed by atoms with Gasteiger partial charge in [-0.3, -0.25) is 10.1 Å². The molecule has 1 aromatic heterocycles. The van der Waals surface area contributed by atoms with Crippen molar-refractivity contribution in [3.8, 4) is 5.75 Å². The van der Waals surface area contributed by atoms with E-state index in [0.717, 1.165) is 11.3 Å². The van der Waals surface area contributed by atoms with Crippen LogP contribution >= 0.6 is 11.6 Å². The van der Waals surface area contributed by atoms with Gasteiger partial charge in [-0.2, -0.15) is 0 Å². The number of nitrogens with zero attached hydrogens (tertiary/aromatic N) is 1. The molecule has 2 aromatic rings. The van der Waals surface area contributed by atoms with Crippen molar-refractivity contribution >= 4 is 23.2 Å². The van der Waals surface area contributed by atoms with Crippen LogP contribution in [-0.4, -0.2) is 12.0 Å². The first kappa shape index (κ1) is 14.2. The van der Waals surface area contributed by atoms with Crippen molar-refractivity contribution in [2.75, 3.05) is 12.4 Å². The molecule has 0 aliphatic rings. The second-order valence-electron chi connectivity index (χ2n) is 4.15. The van der Waals surface area contributed by atoms with E-state index >= 15 is 0 Å². The second-order valence-corrected chi connectivity index (χ2v) is 4.56. The number of rotatable bonds is 5. The molecular formula is C13H13ClN2O4. The van der Waals surface area contributed by atoms with Gasteiger partial charge in [0, 0.05) is 11.1 Å². The number of nitro groups is 1. The fraction of sp³-hybridized carbons (Fsp3) is 0.231. The number of benzene rings is 1. The molecule has 1 aromatic carbocycles. The third-order valence-electron chi connectivity index (χ3n) is 2.76. The zero-order valence-corrected chi connectivity index (χ0v) is 11.7. The Morgan fingerprint density at radius 2 is 2.20 bits per heavy atom. The summed E-state index contributed by atoms with van der Waals surface area (Å²) < 4.78 is 10.3. The lowest BCUT2D eigenvalue weighted by molar-refractivity contribution is -0.402. The van der Waals surface area contributed by atoms with Crippen LogP contribution < -0.4 is 10.1 Å². The average molecular weight is 297 g/mol. The van der Waals surface area contributed by atoms with Crippen LogP contribution in [0.3, 0.4) is 0 Å². The Kier molecular flexibility index (Phi) is 4.14. The van der Waals surface area contributed by atoms with E-state index in [4.69, 9.17) is 20.8 Å². The minimum absolute atomic E-state index is 0.277. The molecule has 2 rings (SSSR count). The van der Waals surface area contributed by atoms with E-state index < -0.39 is 4.92 Å². The molecule has 0 unspecified atom stereocenters. The summed E-state index contributed by atoms with van der Waals surface area (Å²) in [5.41, 5.74) is 1.65. The largest absolute Gasteiger partial charge is 0.495 e. The van der Waals surface area contributed by atoms with Crippen LogP contribution in [0.5, 0.6) is 5.75 Å². The molecule has 0 saturated heterocycles. The summed E-state index contributed by atoms with van der Waals surface area (Å²) in [4.78, 5) is 9.95. The lowest BCUT2D eigenvalue weighted by Gasteiger charge is -2.12. The number of anilines is 1. The molecule has 6 nitrogen and oxygen atoms in total. The van der Waals surface area contributed by atoms with E-state index in [-0.39, 0.29) is 5.88 Å². The van der Waals surface area contributed by atoms with Crippen LogP contribution in [0.2, 0.25) is 5.02 Å². The van der Waals surface area contributed by atoms with Crippen molar-refractivity contribution in [2.45, 2.75) is 13.5 Å². The van der Waals surface area contributed by atoms with Crippen molar-refractivity contribution in [2.24, 2.45) is 0 Å². The first-order valence-electron chi connectivity index (χ1n) is 5.82. The summed E-state index contributed by atoms with van der Waals surface area (Å²) in [7, 11) is 1.55. The van der Waals surface area contributed by atoms with Crippen LogP contribution in [0.25, 0.3) is 0 Å². The summed E-state index contributed by atoms with van der Waals surface area (Å²) >= 11 is 6.02. The van der Waals surface area contributed by atoms with Gasteiger partial charge in [-0.05, 0) is 24.6 Å². The highest BCUT2D eigenvalue weighted by molar-refractivity contribution is 6.31. The predicted octanol–water partition coefficient (Wildman–Crippen LogP) is 3.77. The van der Waals surface area contributed by atoms with E-state index in [2.05, 4.69) is 5.32 Å². The number of hydrogen-bond donors (Lipinski definition) is 1. The summed E-state index contributed by atoms with van der Waals surface area (Å²) in [6.07, 6.45) is 0. The van der Waals surface area contributed by atoms with Gasteiger partial charge in [0.25, 0.3) is 0 Å². The van der Waals surface area contributed by atoms with E-state index in [1.807, 2.05) is 13.0 Å². The minimum Gasteiger partial charge on any atom is -0.495 e. The quantitative estimate of drug-likeness (QED) is 0.671. The van der Waals surface area contributed by atoms with Gasteiger partial charge in [-0.25, -0.2) is 0 Å². The van der Waals surface area contributed by atoms with Crippen LogP contribution in [0.15, 0.2) is 28.7 Å². The second kappa shape index (κ2) is 5.83. The van der Waals surface area contributed by atoms with Crippen LogP contribution in [-0.2, 0) is 6.54 Å². The highest BCUT2D eigenvalue weighted by Gasteiger charge is 2.12. The molecule has 0 radical (unpaired) electrons. The Balaban J connectivity index is 2.13. The number of ether oxygens (including phenoxy) is 1. The highest BCUT2D eigenvalue weighted by Crippen LogP contribution is 2.31. The van der Waals surface area contributed by atoms with E-state index in [1.165, 1.54) is 6.07 Å². The lowest BCUT2D eigenvalue weighted by atomic mass is 10.2. The molecule has 0 spiro atoms. The van der Waals surface area contributed by atoms with Crippen molar-refractivity contribution in [1.29, 1.82) is 0 Å². The maximum Gasteiger partial charge on any atom is 0.433 e. The summed E-state index contributed by atoms with van der Waals surface area (Å²) in [5, 5.41) is 14.2.